The van der Waals surface area contributed by atoms with E-state index in [1.54, 1.807) is 14.2 Å². The third kappa shape index (κ3) is 2.98. The smallest absolute Gasteiger partial charge is 0.142 e. The molecule has 1 unspecified atom stereocenters. The highest BCUT2D eigenvalue weighted by Crippen LogP contribution is 2.42. The molecule has 0 aliphatic heterocycles. The second-order valence-electron chi connectivity index (χ2n) is 4.23. The third-order valence-electron chi connectivity index (χ3n) is 3.33. The van der Waals surface area contributed by atoms with E-state index < -0.39 is 6.10 Å². The van der Waals surface area contributed by atoms with Crippen LogP contribution < -0.4 is 9.47 Å². The van der Waals surface area contributed by atoms with Crippen molar-refractivity contribution in [1.82, 2.24) is 0 Å². The zero-order valence-corrected chi connectivity index (χ0v) is 13.0. The Morgan fingerprint density at radius 1 is 1.17 bits per heavy atom. The molecule has 0 aliphatic rings. The predicted octanol–water partition coefficient (Wildman–Crippen LogP) is 3.94. The number of rotatable bonds is 6. The molecule has 18 heavy (non-hydrogen) atoms. The summed E-state index contributed by atoms with van der Waals surface area (Å²) in [5.41, 5.74) is 0.805. The van der Waals surface area contributed by atoms with Crippen molar-refractivity contribution in [2.45, 2.75) is 32.8 Å². The van der Waals surface area contributed by atoms with E-state index in [0.29, 0.717) is 11.5 Å². The molecule has 102 valence electrons. The Hall–Kier alpha value is -0.740. The fraction of sp³-hybridized carbons (Fsp3) is 0.571. The summed E-state index contributed by atoms with van der Waals surface area (Å²) in [6, 6.07) is 3.71. The number of aliphatic hydroxyl groups is 1. The fourth-order valence-corrected chi connectivity index (χ4v) is 2.82. The number of ether oxygens (including phenoxy) is 2. The summed E-state index contributed by atoms with van der Waals surface area (Å²) in [6.07, 6.45) is 1.35. The maximum atomic E-state index is 10.4. The molecule has 0 saturated heterocycles. The van der Waals surface area contributed by atoms with Crippen molar-refractivity contribution in [1.29, 1.82) is 0 Å². The minimum absolute atomic E-state index is 0.235. The molecule has 1 aromatic rings. The first kappa shape index (κ1) is 15.3. The Bertz CT molecular complexity index is 389. The van der Waals surface area contributed by atoms with E-state index in [0.717, 1.165) is 22.9 Å². The maximum Gasteiger partial charge on any atom is 0.142 e. The Morgan fingerprint density at radius 3 is 2.22 bits per heavy atom. The molecule has 1 rings (SSSR count). The van der Waals surface area contributed by atoms with Gasteiger partial charge in [-0.05, 0) is 34.0 Å². The monoisotopic (exact) mass is 316 g/mol. The lowest BCUT2D eigenvalue weighted by molar-refractivity contribution is 0.100. The van der Waals surface area contributed by atoms with Gasteiger partial charge in [0.05, 0.1) is 20.3 Å². The standard InChI is InChI=1S/C14H21BrO3/c1-5-9(6-2)13(16)10-7-8-11(17-3)12(15)14(10)18-4/h7-9,13,16H,5-6H2,1-4H3. The third-order valence-corrected chi connectivity index (χ3v) is 4.08. The Balaban J connectivity index is 3.20. The number of methoxy groups -OCH3 is 2. The summed E-state index contributed by atoms with van der Waals surface area (Å²) in [4.78, 5) is 0. The van der Waals surface area contributed by atoms with Crippen molar-refractivity contribution >= 4 is 15.9 Å². The number of hydrogen-bond acceptors (Lipinski definition) is 3. The minimum atomic E-state index is -0.517. The average molecular weight is 317 g/mol. The van der Waals surface area contributed by atoms with Gasteiger partial charge in [0.25, 0.3) is 0 Å². The first-order valence-corrected chi connectivity index (χ1v) is 6.98. The Labute approximate surface area is 117 Å². The summed E-state index contributed by atoms with van der Waals surface area (Å²) in [5.74, 6) is 1.58. The van der Waals surface area contributed by atoms with Crippen molar-refractivity contribution in [2.24, 2.45) is 5.92 Å². The fourth-order valence-electron chi connectivity index (χ4n) is 2.14. The van der Waals surface area contributed by atoms with Gasteiger partial charge in [0.2, 0.25) is 0 Å². The van der Waals surface area contributed by atoms with Crippen LogP contribution in [0.4, 0.5) is 0 Å². The summed E-state index contributed by atoms with van der Waals surface area (Å²) < 4.78 is 11.4. The van der Waals surface area contributed by atoms with Gasteiger partial charge in [0.15, 0.2) is 0 Å². The van der Waals surface area contributed by atoms with Crippen molar-refractivity contribution in [3.63, 3.8) is 0 Å². The molecule has 1 aromatic carbocycles. The molecule has 0 heterocycles. The first-order chi connectivity index (χ1) is 8.60. The summed E-state index contributed by atoms with van der Waals surface area (Å²) in [7, 11) is 3.21. The first-order valence-electron chi connectivity index (χ1n) is 6.19. The van der Waals surface area contributed by atoms with Crippen LogP contribution in [0.1, 0.15) is 38.4 Å². The van der Waals surface area contributed by atoms with Crippen LogP contribution in [0.25, 0.3) is 0 Å². The molecular weight excluding hydrogens is 296 g/mol. The summed E-state index contributed by atoms with van der Waals surface area (Å²) in [5, 5.41) is 10.4. The van der Waals surface area contributed by atoms with Gasteiger partial charge in [0, 0.05) is 5.56 Å². The largest absolute Gasteiger partial charge is 0.495 e. The molecule has 3 nitrogen and oxygen atoms in total. The molecule has 0 fully saturated rings. The Morgan fingerprint density at radius 2 is 1.78 bits per heavy atom. The van der Waals surface area contributed by atoms with Crippen molar-refractivity contribution in [3.8, 4) is 11.5 Å². The van der Waals surface area contributed by atoms with E-state index >= 15 is 0 Å². The van der Waals surface area contributed by atoms with E-state index in [9.17, 15) is 5.11 Å². The van der Waals surface area contributed by atoms with E-state index in [2.05, 4.69) is 29.8 Å². The highest BCUT2D eigenvalue weighted by atomic mass is 79.9. The molecule has 0 saturated carbocycles. The highest BCUT2D eigenvalue weighted by molar-refractivity contribution is 9.10. The summed E-state index contributed by atoms with van der Waals surface area (Å²) in [6.45, 7) is 4.17. The zero-order valence-electron chi connectivity index (χ0n) is 11.4. The lowest BCUT2D eigenvalue weighted by Crippen LogP contribution is -2.12. The van der Waals surface area contributed by atoms with E-state index in [-0.39, 0.29) is 5.92 Å². The van der Waals surface area contributed by atoms with Crippen LogP contribution in [0.5, 0.6) is 11.5 Å². The molecule has 0 amide bonds. The van der Waals surface area contributed by atoms with Crippen LogP contribution in [0.3, 0.4) is 0 Å². The van der Waals surface area contributed by atoms with Crippen molar-refractivity contribution < 1.29 is 14.6 Å². The SMILES string of the molecule is CCC(CC)C(O)c1ccc(OC)c(Br)c1OC. The van der Waals surface area contributed by atoms with E-state index in [4.69, 9.17) is 9.47 Å². The van der Waals surface area contributed by atoms with Crippen LogP contribution in [0.15, 0.2) is 16.6 Å². The van der Waals surface area contributed by atoms with Crippen LogP contribution in [-0.2, 0) is 0 Å². The second-order valence-corrected chi connectivity index (χ2v) is 5.02. The molecule has 0 radical (unpaired) electrons. The number of halogens is 1. The minimum Gasteiger partial charge on any atom is -0.495 e. The predicted molar refractivity (Wildman–Crippen MR) is 76.3 cm³/mol. The van der Waals surface area contributed by atoms with Crippen LogP contribution in [0.2, 0.25) is 0 Å². The molecule has 0 spiro atoms. The molecular formula is C14H21BrO3. The second kappa shape index (κ2) is 7.00. The lowest BCUT2D eigenvalue weighted by atomic mass is 9.91. The number of benzene rings is 1. The molecule has 0 aliphatic carbocycles. The average Bonchev–Trinajstić information content (AvgIpc) is 2.39. The van der Waals surface area contributed by atoms with Crippen LogP contribution in [-0.4, -0.2) is 19.3 Å². The molecule has 1 N–H and O–H groups in total. The normalized spacial score (nSPS) is 12.6. The zero-order chi connectivity index (χ0) is 13.7. The van der Waals surface area contributed by atoms with E-state index in [1.807, 2.05) is 12.1 Å². The van der Waals surface area contributed by atoms with Gasteiger partial charge in [-0.1, -0.05) is 26.7 Å². The topological polar surface area (TPSA) is 38.7 Å². The van der Waals surface area contributed by atoms with Gasteiger partial charge in [0.1, 0.15) is 16.0 Å². The Kier molecular flexibility index (Phi) is 5.96. The highest BCUT2D eigenvalue weighted by Gasteiger charge is 2.23. The van der Waals surface area contributed by atoms with E-state index in [1.165, 1.54) is 0 Å². The number of hydrogen-bond donors (Lipinski definition) is 1. The quantitative estimate of drug-likeness (QED) is 0.864. The van der Waals surface area contributed by atoms with Gasteiger partial charge in [-0.2, -0.15) is 0 Å². The van der Waals surface area contributed by atoms with Crippen LogP contribution in [0, 0.1) is 5.92 Å². The van der Waals surface area contributed by atoms with Crippen molar-refractivity contribution in [2.75, 3.05) is 14.2 Å². The lowest BCUT2D eigenvalue weighted by Gasteiger charge is -2.23. The molecule has 0 aromatic heterocycles. The van der Waals surface area contributed by atoms with Crippen molar-refractivity contribution in [3.05, 3.63) is 22.2 Å². The van der Waals surface area contributed by atoms with Gasteiger partial charge >= 0.3 is 0 Å². The molecule has 0 bridgehead atoms. The molecule has 1 atom stereocenters. The number of aliphatic hydroxyl groups excluding tert-OH is 1. The molecule has 4 heteroatoms. The van der Waals surface area contributed by atoms with Gasteiger partial charge in [-0.3, -0.25) is 0 Å². The van der Waals surface area contributed by atoms with Gasteiger partial charge in [-0.25, -0.2) is 0 Å². The summed E-state index contributed by atoms with van der Waals surface area (Å²) >= 11 is 3.45. The van der Waals surface area contributed by atoms with Gasteiger partial charge in [-0.15, -0.1) is 0 Å². The maximum absolute atomic E-state index is 10.4. The van der Waals surface area contributed by atoms with Gasteiger partial charge < -0.3 is 14.6 Å². The van der Waals surface area contributed by atoms with Crippen LogP contribution >= 0.6 is 15.9 Å².